The molecule has 0 amide bonds. The summed E-state index contributed by atoms with van der Waals surface area (Å²) in [5.74, 6) is -2.74. The van der Waals surface area contributed by atoms with Gasteiger partial charge in [0.15, 0.2) is 5.11 Å². The first kappa shape index (κ1) is 21.9. The van der Waals surface area contributed by atoms with Crippen molar-refractivity contribution in [1.82, 2.24) is 5.32 Å². The molecule has 0 spiro atoms. The second-order valence-corrected chi connectivity index (χ2v) is 7.88. The number of thiocarbonyl (C=S) groups is 1. The van der Waals surface area contributed by atoms with E-state index in [1.807, 2.05) is 36.4 Å². The van der Waals surface area contributed by atoms with Crippen LogP contribution in [0.3, 0.4) is 0 Å². The van der Waals surface area contributed by atoms with E-state index in [0.717, 1.165) is 5.56 Å². The Hall–Kier alpha value is -2.77. The number of hydrogen-bond donors (Lipinski definition) is 2. The number of ketones is 1. The molecular formula is C23H26N2O4S. The lowest BCUT2D eigenvalue weighted by molar-refractivity contribution is -0.176. The molecule has 0 saturated carbocycles. The van der Waals surface area contributed by atoms with Crippen LogP contribution in [0.25, 0.3) is 0 Å². The van der Waals surface area contributed by atoms with Gasteiger partial charge < -0.3 is 15.2 Å². The second kappa shape index (κ2) is 8.93. The molecule has 0 unspecified atom stereocenters. The molecule has 2 aromatic rings. The fraction of sp³-hybridized carbons (Fsp3) is 0.348. The van der Waals surface area contributed by atoms with Gasteiger partial charge in [0.05, 0.1) is 12.6 Å². The number of benzene rings is 2. The van der Waals surface area contributed by atoms with Gasteiger partial charge in [0, 0.05) is 11.6 Å². The first-order valence-corrected chi connectivity index (χ1v) is 10.4. The second-order valence-electron chi connectivity index (χ2n) is 7.49. The van der Waals surface area contributed by atoms with Crippen LogP contribution in [-0.4, -0.2) is 34.3 Å². The van der Waals surface area contributed by atoms with Crippen LogP contribution >= 0.6 is 12.2 Å². The molecule has 2 N–H and O–H groups in total. The van der Waals surface area contributed by atoms with E-state index >= 15 is 0 Å². The Balaban J connectivity index is 2.24. The minimum atomic E-state index is -2.30. The van der Waals surface area contributed by atoms with Crippen molar-refractivity contribution in [1.29, 1.82) is 0 Å². The third-order valence-electron chi connectivity index (χ3n) is 5.21. The largest absolute Gasteiger partial charge is 0.462 e. The van der Waals surface area contributed by atoms with E-state index in [2.05, 4.69) is 5.32 Å². The molecule has 1 aliphatic rings. The van der Waals surface area contributed by atoms with Crippen LogP contribution in [0.5, 0.6) is 0 Å². The summed E-state index contributed by atoms with van der Waals surface area (Å²) in [5, 5.41) is 15.3. The average molecular weight is 427 g/mol. The van der Waals surface area contributed by atoms with Gasteiger partial charge in [-0.1, -0.05) is 62.4 Å². The first-order valence-electron chi connectivity index (χ1n) is 9.96. The third-order valence-corrected chi connectivity index (χ3v) is 5.51. The molecule has 2 aromatic carbocycles. The van der Waals surface area contributed by atoms with E-state index in [1.54, 1.807) is 45.0 Å². The molecule has 0 bridgehead atoms. The summed E-state index contributed by atoms with van der Waals surface area (Å²) in [6.07, 6.45) is 0. The first-order chi connectivity index (χ1) is 14.3. The van der Waals surface area contributed by atoms with Crippen molar-refractivity contribution in [2.24, 2.45) is 11.8 Å². The van der Waals surface area contributed by atoms with Crippen LogP contribution in [0.15, 0.2) is 60.7 Å². The predicted octanol–water partition coefficient (Wildman–Crippen LogP) is 3.22. The summed E-state index contributed by atoms with van der Waals surface area (Å²) in [6, 6.07) is 17.3. The summed E-state index contributed by atoms with van der Waals surface area (Å²) in [7, 11) is 0. The smallest absolute Gasteiger partial charge is 0.361 e. The number of aliphatic hydroxyl groups is 1. The standard InChI is InChI=1S/C23H26N2O4S/c1-4-29-21(27)23(28)18(20(26)15(2)3)19(16-11-7-5-8-12-16)24-22(30)25(23)17-13-9-6-10-14-17/h5-15,18-19,28H,4H2,1-3H3,(H,24,30)/t18-,19+,23-/m1/s1. The number of esters is 1. The minimum absolute atomic E-state index is 0.0581. The number of ether oxygens (including phenoxy) is 1. The number of nitrogens with one attached hydrogen (secondary N) is 1. The van der Waals surface area contributed by atoms with Crippen LogP contribution in [0.1, 0.15) is 32.4 Å². The zero-order valence-corrected chi connectivity index (χ0v) is 18.1. The van der Waals surface area contributed by atoms with Gasteiger partial charge in [-0.05, 0) is 36.8 Å². The van der Waals surface area contributed by atoms with Crippen LogP contribution in [0.4, 0.5) is 5.69 Å². The van der Waals surface area contributed by atoms with Gasteiger partial charge in [-0.25, -0.2) is 4.79 Å². The summed E-state index contributed by atoms with van der Waals surface area (Å²) >= 11 is 5.58. The monoisotopic (exact) mass is 426 g/mol. The van der Waals surface area contributed by atoms with Gasteiger partial charge in [0.1, 0.15) is 11.7 Å². The lowest BCUT2D eigenvalue weighted by atomic mass is 9.75. The van der Waals surface area contributed by atoms with Crippen molar-refractivity contribution in [2.45, 2.75) is 32.5 Å². The molecule has 3 rings (SSSR count). The fourth-order valence-corrected chi connectivity index (χ4v) is 4.18. The van der Waals surface area contributed by atoms with E-state index in [1.165, 1.54) is 4.90 Å². The van der Waals surface area contributed by atoms with Gasteiger partial charge in [-0.2, -0.15) is 0 Å². The molecule has 1 fully saturated rings. The van der Waals surface area contributed by atoms with Crippen molar-refractivity contribution in [3.05, 3.63) is 66.2 Å². The van der Waals surface area contributed by atoms with Crippen molar-refractivity contribution < 1.29 is 19.4 Å². The number of carbonyl (C=O) groups excluding carboxylic acids is 2. The van der Waals surface area contributed by atoms with Crippen molar-refractivity contribution >= 4 is 34.8 Å². The maximum atomic E-state index is 13.4. The van der Waals surface area contributed by atoms with Crippen molar-refractivity contribution in [2.75, 3.05) is 11.5 Å². The van der Waals surface area contributed by atoms with Gasteiger partial charge in [0.2, 0.25) is 0 Å². The lowest BCUT2D eigenvalue weighted by Gasteiger charge is -2.50. The highest BCUT2D eigenvalue weighted by atomic mass is 32.1. The van der Waals surface area contributed by atoms with E-state index in [4.69, 9.17) is 17.0 Å². The minimum Gasteiger partial charge on any atom is -0.462 e. The number of para-hydroxylation sites is 1. The molecule has 1 aliphatic heterocycles. The number of carbonyl (C=O) groups is 2. The zero-order chi connectivity index (χ0) is 21.9. The lowest BCUT2D eigenvalue weighted by Crippen LogP contribution is -2.72. The number of anilines is 1. The highest BCUT2D eigenvalue weighted by molar-refractivity contribution is 7.80. The number of hydrogen-bond acceptors (Lipinski definition) is 5. The number of Topliss-reactive ketones (excluding diaryl/α,β-unsaturated/α-hetero) is 1. The molecule has 0 aromatic heterocycles. The molecule has 0 aliphatic carbocycles. The maximum absolute atomic E-state index is 13.4. The topological polar surface area (TPSA) is 78.9 Å². The molecule has 0 radical (unpaired) electrons. The molecule has 6 nitrogen and oxygen atoms in total. The molecule has 7 heteroatoms. The molecule has 1 saturated heterocycles. The SMILES string of the molecule is CCOC(=O)[C@]1(O)[C@@H](C(=O)C(C)C)[C@H](c2ccccc2)NC(=S)N1c1ccccc1. The van der Waals surface area contributed by atoms with Crippen LogP contribution in [0.2, 0.25) is 0 Å². The predicted molar refractivity (Wildman–Crippen MR) is 119 cm³/mol. The normalized spacial score (nSPS) is 23.8. The Labute approximate surface area is 181 Å². The van der Waals surface area contributed by atoms with Crippen LogP contribution in [0, 0.1) is 11.8 Å². The molecule has 158 valence electrons. The van der Waals surface area contributed by atoms with E-state index in [9.17, 15) is 14.7 Å². The fourth-order valence-electron chi connectivity index (χ4n) is 3.81. The Morgan fingerprint density at radius 2 is 1.70 bits per heavy atom. The summed E-state index contributed by atoms with van der Waals surface area (Å²) < 4.78 is 5.26. The van der Waals surface area contributed by atoms with E-state index < -0.39 is 29.6 Å². The Morgan fingerprint density at radius 1 is 1.13 bits per heavy atom. The van der Waals surface area contributed by atoms with Gasteiger partial charge >= 0.3 is 5.97 Å². The Kier molecular flexibility index (Phi) is 6.53. The summed E-state index contributed by atoms with van der Waals surface area (Å²) in [4.78, 5) is 27.9. The third kappa shape index (κ3) is 3.82. The van der Waals surface area contributed by atoms with Gasteiger partial charge in [0.25, 0.3) is 5.72 Å². The molecule has 30 heavy (non-hydrogen) atoms. The zero-order valence-electron chi connectivity index (χ0n) is 17.2. The quantitative estimate of drug-likeness (QED) is 0.542. The average Bonchev–Trinajstić information content (AvgIpc) is 2.74. The van der Waals surface area contributed by atoms with Crippen molar-refractivity contribution in [3.8, 4) is 0 Å². The van der Waals surface area contributed by atoms with Crippen LogP contribution in [-0.2, 0) is 14.3 Å². The highest BCUT2D eigenvalue weighted by Crippen LogP contribution is 2.42. The molecule has 3 atom stereocenters. The Morgan fingerprint density at radius 3 is 2.23 bits per heavy atom. The molecular weight excluding hydrogens is 400 g/mol. The number of nitrogens with zero attached hydrogens (tertiary/aromatic N) is 1. The van der Waals surface area contributed by atoms with Crippen molar-refractivity contribution in [3.63, 3.8) is 0 Å². The van der Waals surface area contributed by atoms with Gasteiger partial charge in [-0.3, -0.25) is 9.69 Å². The molecule has 1 heterocycles. The van der Waals surface area contributed by atoms with E-state index in [-0.39, 0.29) is 17.5 Å². The van der Waals surface area contributed by atoms with Gasteiger partial charge in [-0.15, -0.1) is 0 Å². The highest BCUT2D eigenvalue weighted by Gasteiger charge is 2.61. The number of rotatable bonds is 6. The van der Waals surface area contributed by atoms with E-state index in [0.29, 0.717) is 5.69 Å². The van der Waals surface area contributed by atoms with Crippen LogP contribution < -0.4 is 10.2 Å². The summed E-state index contributed by atoms with van der Waals surface area (Å²) in [6.45, 7) is 5.20. The Bertz CT molecular complexity index is 919. The summed E-state index contributed by atoms with van der Waals surface area (Å²) in [5.41, 5.74) is -1.07. The maximum Gasteiger partial charge on any atom is 0.361 e.